The Balaban J connectivity index is 0. The normalized spacial score (nSPS) is 11.9. The molecule has 15 heavy (non-hydrogen) atoms. The molecule has 0 amide bonds. The molecule has 0 bridgehead atoms. The predicted octanol–water partition coefficient (Wildman–Crippen LogP) is -0.224. The molecule has 0 aliphatic carbocycles. The maximum Gasteiger partial charge on any atom is 1.00 e. The largest absolute Gasteiger partial charge is 1.00 e. The van der Waals surface area contributed by atoms with Crippen LogP contribution in [0.2, 0.25) is 0 Å². The molecule has 0 saturated heterocycles. The molecule has 5 heteroatoms. The van der Waals surface area contributed by atoms with Gasteiger partial charge in [0.2, 0.25) is 0 Å². The molecule has 0 fully saturated rings. The van der Waals surface area contributed by atoms with Gasteiger partial charge in [-0.25, -0.2) is 4.79 Å². The third-order valence-electron chi connectivity index (χ3n) is 1.84. The fraction of sp³-hybridized carbons (Fsp3) is 0.500. The zero-order chi connectivity index (χ0) is 10.6. The van der Waals surface area contributed by atoms with Crippen molar-refractivity contribution in [2.75, 3.05) is 5.32 Å². The summed E-state index contributed by atoms with van der Waals surface area (Å²) in [4.78, 5) is 10.9. The SMILES string of the molecule is CC(C)CC(Nc1cccs1)C(=O)O.[H-].[Na+]. The van der Waals surface area contributed by atoms with Gasteiger partial charge < -0.3 is 11.8 Å². The summed E-state index contributed by atoms with van der Waals surface area (Å²) in [7, 11) is 0. The van der Waals surface area contributed by atoms with E-state index in [4.69, 9.17) is 5.11 Å². The number of aliphatic carboxylic acids is 1. The first-order chi connectivity index (χ1) is 6.59. The van der Waals surface area contributed by atoms with E-state index in [1.165, 1.54) is 11.3 Å². The van der Waals surface area contributed by atoms with Crippen LogP contribution in [0.4, 0.5) is 5.00 Å². The second-order valence-corrected chi connectivity index (χ2v) is 4.59. The minimum Gasteiger partial charge on any atom is -1.00 e. The van der Waals surface area contributed by atoms with Gasteiger partial charge >= 0.3 is 35.5 Å². The summed E-state index contributed by atoms with van der Waals surface area (Å²) in [6, 6.07) is 3.32. The number of carboxylic acid groups (broad SMARTS) is 1. The van der Waals surface area contributed by atoms with Crippen molar-refractivity contribution >= 4 is 22.3 Å². The Morgan fingerprint density at radius 3 is 2.73 bits per heavy atom. The van der Waals surface area contributed by atoms with Crippen molar-refractivity contribution in [3.63, 3.8) is 0 Å². The average Bonchev–Trinajstić information content (AvgIpc) is 2.54. The molecule has 1 rings (SSSR count). The summed E-state index contributed by atoms with van der Waals surface area (Å²) in [5, 5.41) is 14.8. The Morgan fingerprint density at radius 2 is 2.33 bits per heavy atom. The molecule has 1 unspecified atom stereocenters. The predicted molar refractivity (Wildman–Crippen MR) is 59.9 cm³/mol. The average molecular weight is 237 g/mol. The van der Waals surface area contributed by atoms with Crippen LogP contribution in [-0.4, -0.2) is 17.1 Å². The molecule has 0 spiro atoms. The van der Waals surface area contributed by atoms with Gasteiger partial charge in [0.1, 0.15) is 6.04 Å². The van der Waals surface area contributed by atoms with E-state index in [0.717, 1.165) is 5.00 Å². The van der Waals surface area contributed by atoms with Crippen molar-refractivity contribution in [2.45, 2.75) is 26.3 Å². The summed E-state index contributed by atoms with van der Waals surface area (Å²) >= 11 is 1.52. The molecule has 2 N–H and O–H groups in total. The van der Waals surface area contributed by atoms with Gasteiger partial charge in [0.15, 0.2) is 0 Å². The van der Waals surface area contributed by atoms with Crippen LogP contribution >= 0.6 is 11.3 Å². The monoisotopic (exact) mass is 237 g/mol. The van der Waals surface area contributed by atoms with E-state index in [-0.39, 0.29) is 31.0 Å². The van der Waals surface area contributed by atoms with Crippen LogP contribution in [0.15, 0.2) is 17.5 Å². The summed E-state index contributed by atoms with van der Waals surface area (Å²) in [6.45, 7) is 4.04. The first kappa shape index (κ1) is 15.0. The summed E-state index contributed by atoms with van der Waals surface area (Å²) < 4.78 is 0. The van der Waals surface area contributed by atoms with Gasteiger partial charge in [0.25, 0.3) is 0 Å². The topological polar surface area (TPSA) is 49.3 Å². The van der Waals surface area contributed by atoms with E-state index in [1.807, 2.05) is 31.4 Å². The van der Waals surface area contributed by atoms with E-state index in [9.17, 15) is 4.79 Å². The molecule has 80 valence electrons. The Morgan fingerprint density at radius 1 is 1.67 bits per heavy atom. The van der Waals surface area contributed by atoms with Crippen molar-refractivity contribution in [3.8, 4) is 0 Å². The van der Waals surface area contributed by atoms with Crippen LogP contribution in [0.3, 0.4) is 0 Å². The van der Waals surface area contributed by atoms with Crippen LogP contribution < -0.4 is 34.9 Å². The molecule has 1 aromatic heterocycles. The van der Waals surface area contributed by atoms with E-state index in [0.29, 0.717) is 12.3 Å². The summed E-state index contributed by atoms with van der Waals surface area (Å²) in [6.07, 6.45) is 0.646. The molecule has 1 aromatic rings. The van der Waals surface area contributed by atoms with E-state index >= 15 is 0 Å². The smallest absolute Gasteiger partial charge is 1.00 e. The van der Waals surface area contributed by atoms with Crippen LogP contribution in [0.25, 0.3) is 0 Å². The molecular formula is C10H16NNaO2S. The molecule has 0 saturated carbocycles. The van der Waals surface area contributed by atoms with E-state index in [1.54, 1.807) is 0 Å². The number of carbonyl (C=O) groups is 1. The molecule has 0 aliphatic rings. The van der Waals surface area contributed by atoms with E-state index in [2.05, 4.69) is 5.32 Å². The fourth-order valence-electron chi connectivity index (χ4n) is 1.23. The quantitative estimate of drug-likeness (QED) is 0.696. The van der Waals surface area contributed by atoms with Crippen molar-refractivity contribution < 1.29 is 40.9 Å². The molecule has 0 aromatic carbocycles. The van der Waals surface area contributed by atoms with Crippen molar-refractivity contribution in [1.29, 1.82) is 0 Å². The Hall–Kier alpha value is -0.0300. The number of anilines is 1. The zero-order valence-electron chi connectivity index (χ0n) is 10.4. The fourth-order valence-corrected chi connectivity index (χ4v) is 1.90. The van der Waals surface area contributed by atoms with Gasteiger partial charge in [-0.3, -0.25) is 0 Å². The molecular weight excluding hydrogens is 221 g/mol. The first-order valence-electron chi connectivity index (χ1n) is 4.62. The molecule has 0 radical (unpaired) electrons. The summed E-state index contributed by atoms with van der Waals surface area (Å²) in [5.74, 6) is -0.407. The third-order valence-corrected chi connectivity index (χ3v) is 2.64. The number of hydrogen-bond donors (Lipinski definition) is 2. The number of carboxylic acids is 1. The van der Waals surface area contributed by atoms with Gasteiger partial charge in [0.05, 0.1) is 5.00 Å². The number of hydrogen-bond acceptors (Lipinski definition) is 3. The van der Waals surface area contributed by atoms with Gasteiger partial charge in [-0.2, -0.15) is 0 Å². The van der Waals surface area contributed by atoms with Gasteiger partial charge in [-0.05, 0) is 29.9 Å². The maximum atomic E-state index is 10.9. The first-order valence-corrected chi connectivity index (χ1v) is 5.50. The second-order valence-electron chi connectivity index (χ2n) is 3.64. The minimum atomic E-state index is -0.785. The van der Waals surface area contributed by atoms with Gasteiger partial charge in [-0.15, -0.1) is 11.3 Å². The van der Waals surface area contributed by atoms with Gasteiger partial charge in [0, 0.05) is 0 Å². The van der Waals surface area contributed by atoms with E-state index < -0.39 is 12.0 Å². The van der Waals surface area contributed by atoms with Crippen molar-refractivity contribution in [2.24, 2.45) is 5.92 Å². The van der Waals surface area contributed by atoms with Crippen molar-refractivity contribution in [3.05, 3.63) is 17.5 Å². The van der Waals surface area contributed by atoms with Crippen LogP contribution in [0.5, 0.6) is 0 Å². The minimum absolute atomic E-state index is 0. The van der Waals surface area contributed by atoms with Gasteiger partial charge in [-0.1, -0.05) is 13.8 Å². The summed E-state index contributed by atoms with van der Waals surface area (Å²) in [5.41, 5.74) is 0. The van der Waals surface area contributed by atoms with Crippen LogP contribution in [0.1, 0.15) is 21.7 Å². The van der Waals surface area contributed by atoms with Crippen molar-refractivity contribution in [1.82, 2.24) is 0 Å². The molecule has 1 heterocycles. The number of nitrogens with one attached hydrogen (secondary N) is 1. The Labute approximate surface area is 118 Å². The Kier molecular flexibility index (Phi) is 7.26. The zero-order valence-corrected chi connectivity index (χ0v) is 12.2. The Bertz CT molecular complexity index is 293. The second kappa shape index (κ2) is 7.28. The molecule has 0 aliphatic heterocycles. The number of rotatable bonds is 5. The standard InChI is InChI=1S/C10H15NO2S.Na.H/c1-7(2)6-8(10(12)13)11-9-4-3-5-14-9;;/h3-5,7-8,11H,6H2,1-2H3,(H,12,13);;/q;+1;-1. The number of thiophene rings is 1. The third kappa shape index (κ3) is 5.56. The van der Waals surface area contributed by atoms with Crippen LogP contribution in [-0.2, 0) is 4.79 Å². The van der Waals surface area contributed by atoms with Crippen LogP contribution in [0, 0.1) is 5.92 Å². The maximum absolute atomic E-state index is 10.9. The molecule has 3 nitrogen and oxygen atoms in total. The molecule has 1 atom stereocenters.